The lowest BCUT2D eigenvalue weighted by Gasteiger charge is -2.25. The van der Waals surface area contributed by atoms with Crippen LogP contribution < -0.4 is 5.32 Å². The largest absolute Gasteiger partial charge is 0.367 e. The van der Waals surface area contributed by atoms with Gasteiger partial charge in [-0.1, -0.05) is 47.0 Å². The summed E-state index contributed by atoms with van der Waals surface area (Å²) in [4.78, 5) is 9.21. The van der Waals surface area contributed by atoms with Crippen molar-refractivity contribution >= 4 is 21.7 Å². The summed E-state index contributed by atoms with van der Waals surface area (Å²) in [5.41, 5.74) is -0.0325. The van der Waals surface area contributed by atoms with E-state index in [-0.39, 0.29) is 5.41 Å². The Morgan fingerprint density at radius 2 is 1.85 bits per heavy atom. The molecule has 2 rings (SSSR count). The first-order valence-electron chi connectivity index (χ1n) is 7.68. The lowest BCUT2D eigenvalue weighted by molar-refractivity contribution is 0.454. The molecule has 0 saturated heterocycles. The van der Waals surface area contributed by atoms with Crippen LogP contribution >= 0.6 is 15.9 Å². The van der Waals surface area contributed by atoms with Crippen LogP contribution in [0.1, 0.15) is 65.6 Å². The Kier molecular flexibility index (Phi) is 5.05. The molecule has 4 heteroatoms. The topological polar surface area (TPSA) is 37.8 Å². The summed E-state index contributed by atoms with van der Waals surface area (Å²) in [5, 5.41) is 3.64. The zero-order chi connectivity index (χ0) is 14.8. The van der Waals surface area contributed by atoms with Crippen molar-refractivity contribution in [3.63, 3.8) is 0 Å². The third kappa shape index (κ3) is 4.18. The first-order chi connectivity index (χ1) is 9.36. The van der Waals surface area contributed by atoms with Gasteiger partial charge in [-0.15, -0.1) is 0 Å². The van der Waals surface area contributed by atoms with Crippen molar-refractivity contribution in [1.29, 1.82) is 0 Å². The molecule has 1 aromatic rings. The van der Waals surface area contributed by atoms with Crippen LogP contribution in [-0.4, -0.2) is 16.0 Å². The molecule has 20 heavy (non-hydrogen) atoms. The summed E-state index contributed by atoms with van der Waals surface area (Å²) in [6.07, 6.45) is 6.60. The van der Waals surface area contributed by atoms with Crippen LogP contribution in [0.15, 0.2) is 10.7 Å². The number of nitrogens with one attached hydrogen (secondary N) is 1. The van der Waals surface area contributed by atoms with Crippen LogP contribution in [0.25, 0.3) is 0 Å². The van der Waals surface area contributed by atoms with Gasteiger partial charge in [-0.25, -0.2) is 9.97 Å². The summed E-state index contributed by atoms with van der Waals surface area (Å²) < 4.78 is 0.862. The molecule has 0 amide bonds. The van der Waals surface area contributed by atoms with Gasteiger partial charge < -0.3 is 5.32 Å². The molecule has 1 aliphatic carbocycles. The van der Waals surface area contributed by atoms with Gasteiger partial charge >= 0.3 is 0 Å². The van der Waals surface area contributed by atoms with Gasteiger partial charge in [0.25, 0.3) is 0 Å². The monoisotopic (exact) mass is 339 g/mol. The highest BCUT2D eigenvalue weighted by atomic mass is 79.9. The maximum absolute atomic E-state index is 4.71. The fourth-order valence-electron chi connectivity index (χ4n) is 2.72. The Balaban J connectivity index is 2.18. The molecule has 0 bridgehead atoms. The first kappa shape index (κ1) is 15.7. The number of anilines is 1. The number of aromatic nitrogens is 2. The second-order valence-corrected chi connectivity index (χ2v) is 7.83. The number of nitrogens with zero attached hydrogens (tertiary/aromatic N) is 2. The molecule has 112 valence electrons. The van der Waals surface area contributed by atoms with E-state index in [9.17, 15) is 0 Å². The van der Waals surface area contributed by atoms with Gasteiger partial charge in [0.05, 0.1) is 0 Å². The van der Waals surface area contributed by atoms with E-state index in [0.717, 1.165) is 16.2 Å². The Morgan fingerprint density at radius 1 is 1.15 bits per heavy atom. The number of hydrogen-bond acceptors (Lipinski definition) is 3. The van der Waals surface area contributed by atoms with Crippen LogP contribution in [-0.2, 0) is 5.41 Å². The van der Waals surface area contributed by atoms with Gasteiger partial charge in [0.2, 0.25) is 0 Å². The van der Waals surface area contributed by atoms with E-state index in [1.807, 2.05) is 6.07 Å². The van der Waals surface area contributed by atoms with Gasteiger partial charge in [-0.3, -0.25) is 0 Å². The second kappa shape index (κ2) is 6.42. The quantitative estimate of drug-likeness (QED) is 0.613. The molecule has 2 unspecified atom stereocenters. The van der Waals surface area contributed by atoms with Crippen LogP contribution in [0, 0.1) is 5.92 Å². The van der Waals surface area contributed by atoms with Gasteiger partial charge in [-0.05, 0) is 34.7 Å². The predicted molar refractivity (Wildman–Crippen MR) is 88.1 cm³/mol. The lowest BCUT2D eigenvalue weighted by Crippen LogP contribution is -2.27. The van der Waals surface area contributed by atoms with E-state index in [1.165, 1.54) is 32.1 Å². The molecule has 1 N–H and O–H groups in total. The van der Waals surface area contributed by atoms with E-state index in [1.54, 1.807) is 0 Å². The van der Waals surface area contributed by atoms with Crippen LogP contribution in [0.4, 0.5) is 5.82 Å². The minimum atomic E-state index is -0.0325. The molecular weight excluding hydrogens is 314 g/mol. The summed E-state index contributed by atoms with van der Waals surface area (Å²) in [6, 6.07) is 2.53. The smallest absolute Gasteiger partial charge is 0.137 e. The van der Waals surface area contributed by atoms with E-state index in [0.29, 0.717) is 12.0 Å². The minimum Gasteiger partial charge on any atom is -0.367 e. The van der Waals surface area contributed by atoms with Crippen molar-refractivity contribution in [1.82, 2.24) is 9.97 Å². The SMILES string of the molecule is CC1CCCCCC1Nc1cc(Br)nc(C(C)(C)C)n1. The zero-order valence-electron chi connectivity index (χ0n) is 13.0. The highest BCUT2D eigenvalue weighted by molar-refractivity contribution is 9.10. The highest BCUT2D eigenvalue weighted by Gasteiger charge is 2.22. The predicted octanol–water partition coefficient (Wildman–Crippen LogP) is 4.92. The highest BCUT2D eigenvalue weighted by Crippen LogP contribution is 2.27. The maximum atomic E-state index is 4.71. The van der Waals surface area contributed by atoms with Gasteiger partial charge in [-0.2, -0.15) is 0 Å². The average Bonchev–Trinajstić information content (AvgIpc) is 2.53. The normalized spacial score (nSPS) is 24.2. The summed E-state index contributed by atoms with van der Waals surface area (Å²) in [6.45, 7) is 8.79. The van der Waals surface area contributed by atoms with Crippen molar-refractivity contribution in [3.05, 3.63) is 16.5 Å². The molecule has 1 fully saturated rings. The van der Waals surface area contributed by atoms with E-state index < -0.39 is 0 Å². The van der Waals surface area contributed by atoms with Crippen LogP contribution in [0.5, 0.6) is 0 Å². The maximum Gasteiger partial charge on any atom is 0.137 e. The summed E-state index contributed by atoms with van der Waals surface area (Å²) in [5.74, 6) is 2.55. The average molecular weight is 340 g/mol. The van der Waals surface area contributed by atoms with Crippen LogP contribution in [0.2, 0.25) is 0 Å². The second-order valence-electron chi connectivity index (χ2n) is 7.02. The lowest BCUT2D eigenvalue weighted by atomic mass is 9.95. The standard InChI is InChI=1S/C16H26BrN3/c1-11-8-6-5-7-9-12(11)18-14-10-13(17)19-15(20-14)16(2,3)4/h10-12H,5-9H2,1-4H3,(H,18,19,20). The van der Waals surface area contributed by atoms with Gasteiger partial charge in [0.15, 0.2) is 0 Å². The van der Waals surface area contributed by atoms with E-state index in [4.69, 9.17) is 4.98 Å². The fourth-order valence-corrected chi connectivity index (χ4v) is 3.11. The third-order valence-corrected chi connectivity index (χ3v) is 4.47. The number of hydrogen-bond donors (Lipinski definition) is 1. The molecule has 0 spiro atoms. The molecule has 1 heterocycles. The Labute approximate surface area is 131 Å². The molecule has 0 aromatic carbocycles. The van der Waals surface area contributed by atoms with Gasteiger partial charge in [0, 0.05) is 17.5 Å². The summed E-state index contributed by atoms with van der Waals surface area (Å²) in [7, 11) is 0. The molecule has 2 atom stereocenters. The molecule has 0 radical (unpaired) electrons. The molecule has 3 nitrogen and oxygen atoms in total. The Hall–Kier alpha value is -0.640. The van der Waals surface area contributed by atoms with Crippen molar-refractivity contribution in [2.75, 3.05) is 5.32 Å². The Bertz CT molecular complexity index is 454. The zero-order valence-corrected chi connectivity index (χ0v) is 14.6. The number of rotatable bonds is 2. The molecule has 1 aliphatic rings. The van der Waals surface area contributed by atoms with Crippen molar-refractivity contribution in [2.45, 2.75) is 71.3 Å². The first-order valence-corrected chi connectivity index (χ1v) is 8.47. The minimum absolute atomic E-state index is 0.0325. The van der Waals surface area contributed by atoms with Crippen molar-refractivity contribution in [3.8, 4) is 0 Å². The van der Waals surface area contributed by atoms with Gasteiger partial charge in [0.1, 0.15) is 16.2 Å². The summed E-state index contributed by atoms with van der Waals surface area (Å²) >= 11 is 3.51. The van der Waals surface area contributed by atoms with E-state index in [2.05, 4.69) is 53.9 Å². The van der Waals surface area contributed by atoms with Crippen molar-refractivity contribution < 1.29 is 0 Å². The molecule has 1 aromatic heterocycles. The Morgan fingerprint density at radius 3 is 2.55 bits per heavy atom. The third-order valence-electron chi connectivity index (χ3n) is 4.06. The van der Waals surface area contributed by atoms with E-state index >= 15 is 0 Å². The molecule has 1 saturated carbocycles. The fraction of sp³-hybridized carbons (Fsp3) is 0.750. The van der Waals surface area contributed by atoms with Crippen LogP contribution in [0.3, 0.4) is 0 Å². The molecular formula is C16H26BrN3. The number of halogens is 1. The molecule has 0 aliphatic heterocycles. The van der Waals surface area contributed by atoms with Crippen molar-refractivity contribution in [2.24, 2.45) is 5.92 Å².